The number of para-hydroxylation sites is 1. The molecule has 0 radical (unpaired) electrons. The number of fused-ring (bicyclic) bond motifs is 1. The number of aromatic amines is 1. The van der Waals surface area contributed by atoms with Gasteiger partial charge < -0.3 is 10.1 Å². The molecule has 1 heterocycles. The predicted octanol–water partition coefficient (Wildman–Crippen LogP) is 2.43. The lowest BCUT2D eigenvalue weighted by molar-refractivity contribution is -0.132. The standard InChI is InChI=1S/C15H10N2O3/c1-16-13(15(19)20)8-4-5-10-9-14(18)17-12-7-3-2-6-11(10)12/h2-9H,(H,17,18)(H,19,20)/b5-4+,13-8-. The van der Waals surface area contributed by atoms with Gasteiger partial charge >= 0.3 is 5.97 Å². The highest BCUT2D eigenvalue weighted by atomic mass is 16.4. The Kier molecular flexibility index (Phi) is 3.77. The molecule has 5 nitrogen and oxygen atoms in total. The zero-order chi connectivity index (χ0) is 14.5. The van der Waals surface area contributed by atoms with Crippen LogP contribution in [0.3, 0.4) is 0 Å². The van der Waals surface area contributed by atoms with Crippen molar-refractivity contribution in [3.8, 4) is 0 Å². The highest BCUT2D eigenvalue weighted by molar-refractivity contribution is 5.90. The summed E-state index contributed by atoms with van der Waals surface area (Å²) in [7, 11) is 0. The van der Waals surface area contributed by atoms with E-state index in [9.17, 15) is 9.59 Å². The van der Waals surface area contributed by atoms with E-state index in [0.717, 1.165) is 5.39 Å². The second-order valence-electron chi connectivity index (χ2n) is 3.96. The monoisotopic (exact) mass is 266 g/mol. The molecule has 0 fully saturated rings. The van der Waals surface area contributed by atoms with Crippen LogP contribution < -0.4 is 5.56 Å². The van der Waals surface area contributed by atoms with Gasteiger partial charge in [0.15, 0.2) is 0 Å². The molecule has 98 valence electrons. The summed E-state index contributed by atoms with van der Waals surface area (Å²) in [4.78, 5) is 27.8. The van der Waals surface area contributed by atoms with E-state index in [1.54, 1.807) is 12.1 Å². The summed E-state index contributed by atoms with van der Waals surface area (Å²) < 4.78 is 0. The lowest BCUT2D eigenvalue weighted by atomic mass is 10.1. The molecule has 0 saturated carbocycles. The van der Waals surface area contributed by atoms with Crippen molar-refractivity contribution >= 4 is 22.9 Å². The molecular weight excluding hydrogens is 256 g/mol. The van der Waals surface area contributed by atoms with Crippen LogP contribution in [0.15, 0.2) is 53.0 Å². The summed E-state index contributed by atoms with van der Waals surface area (Å²) >= 11 is 0. The summed E-state index contributed by atoms with van der Waals surface area (Å²) in [5.41, 5.74) is 0.744. The van der Waals surface area contributed by atoms with Crippen LogP contribution in [-0.4, -0.2) is 16.1 Å². The number of nitrogens with zero attached hydrogens (tertiary/aromatic N) is 1. The number of aliphatic carboxylic acids is 1. The molecule has 2 rings (SSSR count). The second-order valence-corrected chi connectivity index (χ2v) is 3.96. The maximum atomic E-state index is 11.5. The number of carboxylic acid groups (broad SMARTS) is 1. The van der Waals surface area contributed by atoms with Crippen molar-refractivity contribution in [1.29, 1.82) is 0 Å². The van der Waals surface area contributed by atoms with Gasteiger partial charge in [0, 0.05) is 17.0 Å². The molecule has 0 amide bonds. The minimum Gasteiger partial charge on any atom is -0.486 e. The van der Waals surface area contributed by atoms with E-state index in [4.69, 9.17) is 11.7 Å². The number of aromatic nitrogens is 1. The summed E-state index contributed by atoms with van der Waals surface area (Å²) in [5, 5.41) is 9.56. The van der Waals surface area contributed by atoms with Crippen LogP contribution in [0.5, 0.6) is 0 Å². The fourth-order valence-electron chi connectivity index (χ4n) is 1.77. The number of carbonyl (C=O) groups is 1. The molecule has 0 aliphatic rings. The summed E-state index contributed by atoms with van der Waals surface area (Å²) in [6.45, 7) is 6.73. The molecule has 2 aromatic rings. The Bertz CT molecular complexity index is 823. The molecule has 1 aromatic carbocycles. The van der Waals surface area contributed by atoms with Gasteiger partial charge in [-0.1, -0.05) is 30.4 Å². The van der Waals surface area contributed by atoms with Gasteiger partial charge in [-0.3, -0.25) is 9.59 Å². The van der Waals surface area contributed by atoms with Crippen LogP contribution in [0.2, 0.25) is 0 Å². The molecule has 0 saturated heterocycles. The van der Waals surface area contributed by atoms with Crippen LogP contribution in [0.25, 0.3) is 21.8 Å². The van der Waals surface area contributed by atoms with Crippen LogP contribution in [0.4, 0.5) is 0 Å². The van der Waals surface area contributed by atoms with Gasteiger partial charge in [-0.05, 0) is 17.7 Å². The van der Waals surface area contributed by atoms with Gasteiger partial charge in [-0.15, -0.1) is 0 Å². The van der Waals surface area contributed by atoms with Crippen molar-refractivity contribution in [2.24, 2.45) is 0 Å². The number of pyridine rings is 1. The van der Waals surface area contributed by atoms with Crippen molar-refractivity contribution < 1.29 is 9.90 Å². The van der Waals surface area contributed by atoms with Crippen LogP contribution in [-0.2, 0) is 4.79 Å². The Labute approximate surface area is 114 Å². The zero-order valence-electron chi connectivity index (χ0n) is 10.3. The summed E-state index contributed by atoms with van der Waals surface area (Å²) in [6, 6.07) is 8.71. The molecule has 0 aliphatic heterocycles. The van der Waals surface area contributed by atoms with E-state index in [2.05, 4.69) is 9.83 Å². The number of allylic oxidation sites excluding steroid dienone is 2. The average Bonchev–Trinajstić information content (AvgIpc) is 2.42. The Hall–Kier alpha value is -3.13. The molecular formula is C15H10N2O3. The van der Waals surface area contributed by atoms with Crippen molar-refractivity contribution in [3.05, 3.63) is 75.5 Å². The van der Waals surface area contributed by atoms with E-state index in [-0.39, 0.29) is 11.3 Å². The number of carboxylic acids is 1. The first-order valence-corrected chi connectivity index (χ1v) is 5.73. The van der Waals surface area contributed by atoms with Crippen molar-refractivity contribution in [3.63, 3.8) is 0 Å². The molecule has 0 bridgehead atoms. The number of rotatable bonds is 3. The lowest BCUT2D eigenvalue weighted by Crippen LogP contribution is -2.04. The van der Waals surface area contributed by atoms with Crippen LogP contribution >= 0.6 is 0 Å². The minimum absolute atomic E-state index is 0.240. The van der Waals surface area contributed by atoms with E-state index in [0.29, 0.717) is 11.1 Å². The van der Waals surface area contributed by atoms with E-state index < -0.39 is 5.97 Å². The topological polar surface area (TPSA) is 74.5 Å². The van der Waals surface area contributed by atoms with Crippen molar-refractivity contribution in [1.82, 2.24) is 4.98 Å². The molecule has 0 unspecified atom stereocenters. The van der Waals surface area contributed by atoms with Gasteiger partial charge in [0.25, 0.3) is 5.70 Å². The summed E-state index contributed by atoms with van der Waals surface area (Å²) in [6.07, 6.45) is 4.25. The highest BCUT2D eigenvalue weighted by Gasteiger charge is 2.04. The third kappa shape index (κ3) is 2.82. The number of hydrogen-bond donors (Lipinski definition) is 2. The number of nitrogens with one attached hydrogen (secondary N) is 1. The Morgan fingerprint density at radius 2 is 2.10 bits per heavy atom. The first-order valence-electron chi connectivity index (χ1n) is 5.73. The first-order chi connectivity index (χ1) is 9.61. The molecule has 2 N–H and O–H groups in total. The number of hydrogen-bond acceptors (Lipinski definition) is 2. The van der Waals surface area contributed by atoms with Gasteiger partial charge in [0.05, 0.1) is 6.57 Å². The Morgan fingerprint density at radius 3 is 2.80 bits per heavy atom. The van der Waals surface area contributed by atoms with Crippen molar-refractivity contribution in [2.45, 2.75) is 0 Å². The fourth-order valence-corrected chi connectivity index (χ4v) is 1.77. The molecule has 0 aliphatic carbocycles. The van der Waals surface area contributed by atoms with Crippen LogP contribution in [0, 0.1) is 6.57 Å². The molecule has 1 aromatic heterocycles. The average molecular weight is 266 g/mol. The Balaban J connectivity index is 2.47. The largest absolute Gasteiger partial charge is 0.486 e. The molecule has 5 heteroatoms. The third-order valence-electron chi connectivity index (χ3n) is 2.65. The van der Waals surface area contributed by atoms with Gasteiger partial charge in [0.1, 0.15) is 0 Å². The smallest absolute Gasteiger partial charge is 0.333 e. The third-order valence-corrected chi connectivity index (χ3v) is 2.65. The van der Waals surface area contributed by atoms with E-state index >= 15 is 0 Å². The maximum Gasteiger partial charge on any atom is 0.333 e. The quantitative estimate of drug-likeness (QED) is 0.509. The zero-order valence-corrected chi connectivity index (χ0v) is 10.3. The molecule has 0 atom stereocenters. The van der Waals surface area contributed by atoms with Crippen LogP contribution in [0.1, 0.15) is 5.56 Å². The van der Waals surface area contributed by atoms with Gasteiger partial charge in [-0.25, -0.2) is 4.85 Å². The van der Waals surface area contributed by atoms with E-state index in [1.807, 2.05) is 18.2 Å². The fraction of sp³-hybridized carbons (Fsp3) is 0. The Morgan fingerprint density at radius 1 is 1.35 bits per heavy atom. The van der Waals surface area contributed by atoms with Gasteiger partial charge in [0.2, 0.25) is 5.56 Å². The summed E-state index contributed by atoms with van der Waals surface area (Å²) in [5.74, 6) is -1.28. The lowest BCUT2D eigenvalue weighted by Gasteiger charge is -2.00. The van der Waals surface area contributed by atoms with Crippen molar-refractivity contribution in [2.75, 3.05) is 0 Å². The SMILES string of the molecule is [C-]#[N+]/C(=C\C=C\c1cc(=O)[nH]c2ccccc12)C(=O)O. The minimum atomic E-state index is -1.28. The molecule has 20 heavy (non-hydrogen) atoms. The first kappa shape index (κ1) is 13.3. The predicted molar refractivity (Wildman–Crippen MR) is 75.9 cm³/mol. The van der Waals surface area contributed by atoms with E-state index in [1.165, 1.54) is 18.2 Å². The van der Waals surface area contributed by atoms with Gasteiger partial charge in [-0.2, -0.15) is 0 Å². The molecule has 0 spiro atoms. The number of benzene rings is 1. The highest BCUT2D eigenvalue weighted by Crippen LogP contribution is 2.15. The number of H-pyrrole nitrogens is 1. The normalized spacial score (nSPS) is 11.7. The second kappa shape index (κ2) is 5.67. The maximum absolute atomic E-state index is 11.5.